The van der Waals surface area contributed by atoms with Crippen LogP contribution in [0, 0.1) is 6.92 Å². The number of aryl methyl sites for hydroxylation is 1. The highest BCUT2D eigenvalue weighted by Crippen LogP contribution is 2.27. The van der Waals surface area contributed by atoms with E-state index in [4.69, 9.17) is 4.84 Å². The summed E-state index contributed by atoms with van der Waals surface area (Å²) in [5, 5.41) is 0. The molecule has 0 N–H and O–H groups in total. The van der Waals surface area contributed by atoms with Gasteiger partial charge in [0.15, 0.2) is 0 Å². The van der Waals surface area contributed by atoms with Crippen LogP contribution in [0.5, 0.6) is 0 Å². The molecule has 94 valence electrons. The Morgan fingerprint density at radius 3 is 2.71 bits per heavy atom. The third-order valence-corrected chi connectivity index (χ3v) is 5.26. The molecule has 1 heterocycles. The summed E-state index contributed by atoms with van der Waals surface area (Å²) in [6.45, 7) is 2.80. The molecule has 0 spiro atoms. The van der Waals surface area contributed by atoms with Crippen LogP contribution in [0.25, 0.3) is 0 Å². The van der Waals surface area contributed by atoms with E-state index < -0.39 is 10.0 Å². The Morgan fingerprint density at radius 1 is 1.35 bits per heavy atom. The summed E-state index contributed by atoms with van der Waals surface area (Å²) in [5.41, 5.74) is 1.01. The first-order valence-corrected chi connectivity index (χ1v) is 7.67. The summed E-state index contributed by atoms with van der Waals surface area (Å²) in [6, 6.07) is 5.17. The molecule has 0 saturated carbocycles. The largest absolute Gasteiger partial charge is 0.284 e. The van der Waals surface area contributed by atoms with Crippen molar-refractivity contribution in [3.8, 4) is 0 Å². The molecule has 0 radical (unpaired) electrons. The van der Waals surface area contributed by atoms with Gasteiger partial charge in [0.2, 0.25) is 0 Å². The highest BCUT2D eigenvalue weighted by molar-refractivity contribution is 9.10. The van der Waals surface area contributed by atoms with Crippen molar-refractivity contribution in [2.45, 2.75) is 24.7 Å². The molecule has 1 aromatic carbocycles. The van der Waals surface area contributed by atoms with Gasteiger partial charge >= 0.3 is 0 Å². The zero-order valence-electron chi connectivity index (χ0n) is 9.52. The number of benzene rings is 1. The van der Waals surface area contributed by atoms with Gasteiger partial charge in [-0.15, -0.1) is 0 Å². The highest BCUT2D eigenvalue weighted by atomic mass is 79.9. The Kier molecular flexibility index (Phi) is 3.87. The van der Waals surface area contributed by atoms with Crippen molar-refractivity contribution in [2.24, 2.45) is 0 Å². The van der Waals surface area contributed by atoms with Gasteiger partial charge in [-0.3, -0.25) is 4.84 Å². The Labute approximate surface area is 110 Å². The molecule has 0 aromatic heterocycles. The second kappa shape index (κ2) is 5.06. The van der Waals surface area contributed by atoms with Crippen LogP contribution in [0.15, 0.2) is 27.6 Å². The van der Waals surface area contributed by atoms with Crippen LogP contribution in [0.2, 0.25) is 0 Å². The number of sulfonamides is 1. The van der Waals surface area contributed by atoms with E-state index >= 15 is 0 Å². The van der Waals surface area contributed by atoms with Crippen molar-refractivity contribution in [1.29, 1.82) is 0 Å². The molecule has 0 atom stereocenters. The van der Waals surface area contributed by atoms with Crippen LogP contribution in [0.3, 0.4) is 0 Å². The van der Waals surface area contributed by atoms with E-state index in [1.807, 2.05) is 6.92 Å². The highest BCUT2D eigenvalue weighted by Gasteiger charge is 2.28. The zero-order valence-corrected chi connectivity index (χ0v) is 11.9. The second-order valence-corrected chi connectivity index (χ2v) is 6.66. The van der Waals surface area contributed by atoms with Crippen LogP contribution in [-0.4, -0.2) is 26.0 Å². The average Bonchev–Trinajstić information content (AvgIpc) is 2.29. The lowest BCUT2D eigenvalue weighted by Gasteiger charge is -2.25. The van der Waals surface area contributed by atoms with Crippen molar-refractivity contribution in [1.82, 2.24) is 4.47 Å². The van der Waals surface area contributed by atoms with Crippen molar-refractivity contribution >= 4 is 26.0 Å². The number of rotatable bonds is 2. The summed E-state index contributed by atoms with van der Waals surface area (Å²) in [7, 11) is -3.55. The monoisotopic (exact) mass is 319 g/mol. The minimum Gasteiger partial charge on any atom is -0.284 e. The first-order valence-electron chi connectivity index (χ1n) is 5.43. The molecule has 1 aromatic rings. The van der Waals surface area contributed by atoms with Crippen LogP contribution in [0.4, 0.5) is 0 Å². The molecular formula is C11H14BrNO3S. The van der Waals surface area contributed by atoms with E-state index in [9.17, 15) is 8.42 Å². The normalized spacial score (nSPS) is 18.2. The fourth-order valence-electron chi connectivity index (χ4n) is 1.69. The summed E-state index contributed by atoms with van der Waals surface area (Å²) < 4.78 is 26.2. The number of nitrogens with zero attached hydrogens (tertiary/aromatic N) is 1. The molecule has 1 aliphatic heterocycles. The molecule has 1 aliphatic rings. The molecule has 6 heteroatoms. The summed E-state index contributed by atoms with van der Waals surface area (Å²) in [5.74, 6) is 0. The molecule has 1 saturated heterocycles. The maximum Gasteiger partial charge on any atom is 0.266 e. The van der Waals surface area contributed by atoms with E-state index in [0.717, 1.165) is 22.9 Å². The third-order valence-electron chi connectivity index (χ3n) is 2.60. The number of hydroxylamine groups is 1. The van der Waals surface area contributed by atoms with Crippen molar-refractivity contribution in [2.75, 3.05) is 13.2 Å². The van der Waals surface area contributed by atoms with E-state index in [1.54, 1.807) is 18.2 Å². The Bertz CT molecular complexity index is 509. The van der Waals surface area contributed by atoms with Gasteiger partial charge < -0.3 is 0 Å². The second-order valence-electron chi connectivity index (χ2n) is 4.01. The average molecular weight is 320 g/mol. The molecular weight excluding hydrogens is 306 g/mol. The molecule has 1 fully saturated rings. The first-order chi connectivity index (χ1) is 8.01. The summed E-state index contributed by atoms with van der Waals surface area (Å²) in [4.78, 5) is 5.46. The van der Waals surface area contributed by atoms with Crippen molar-refractivity contribution < 1.29 is 13.3 Å². The maximum absolute atomic E-state index is 12.3. The standard InChI is InChI=1S/C11H14BrNO3S/c1-9-4-5-11(10(12)8-9)17(14,15)13-6-2-3-7-16-13/h4-5,8H,2-3,6-7H2,1H3. The molecule has 0 aliphatic carbocycles. The van der Waals surface area contributed by atoms with Crippen LogP contribution in [0.1, 0.15) is 18.4 Å². The molecule has 4 nitrogen and oxygen atoms in total. The van der Waals surface area contributed by atoms with E-state index in [0.29, 0.717) is 17.6 Å². The Balaban J connectivity index is 2.37. The van der Waals surface area contributed by atoms with Gasteiger partial charge in [0.25, 0.3) is 10.0 Å². The molecule has 0 amide bonds. The maximum atomic E-state index is 12.3. The van der Waals surface area contributed by atoms with Gasteiger partial charge in [0, 0.05) is 11.0 Å². The smallest absolute Gasteiger partial charge is 0.266 e. The molecule has 2 rings (SSSR count). The van der Waals surface area contributed by atoms with Gasteiger partial charge in [-0.2, -0.15) is 0 Å². The van der Waals surface area contributed by atoms with Crippen LogP contribution < -0.4 is 0 Å². The van der Waals surface area contributed by atoms with Crippen LogP contribution in [-0.2, 0) is 14.9 Å². The molecule has 0 unspecified atom stereocenters. The summed E-state index contributed by atoms with van der Waals surface area (Å²) >= 11 is 3.29. The van der Waals surface area contributed by atoms with E-state index in [1.165, 1.54) is 0 Å². The fourth-order valence-corrected chi connectivity index (χ4v) is 4.14. The van der Waals surface area contributed by atoms with Gasteiger partial charge in [0.05, 0.1) is 11.5 Å². The molecule has 0 bridgehead atoms. The Hall–Kier alpha value is -0.430. The SMILES string of the molecule is Cc1ccc(S(=O)(=O)N2CCCCO2)c(Br)c1. The van der Waals surface area contributed by atoms with E-state index in [-0.39, 0.29) is 4.90 Å². The predicted octanol–water partition coefficient (Wildman–Crippen LogP) is 2.47. The summed E-state index contributed by atoms with van der Waals surface area (Å²) in [6.07, 6.45) is 1.74. The van der Waals surface area contributed by atoms with Gasteiger partial charge in [0.1, 0.15) is 0 Å². The fraction of sp³-hybridized carbons (Fsp3) is 0.455. The lowest BCUT2D eigenvalue weighted by atomic mass is 10.2. The minimum absolute atomic E-state index is 0.255. The predicted molar refractivity (Wildman–Crippen MR) is 68.0 cm³/mol. The quantitative estimate of drug-likeness (QED) is 0.841. The number of halogens is 1. The third kappa shape index (κ3) is 2.70. The lowest BCUT2D eigenvalue weighted by Crippen LogP contribution is -2.35. The van der Waals surface area contributed by atoms with Crippen molar-refractivity contribution in [3.63, 3.8) is 0 Å². The zero-order chi connectivity index (χ0) is 12.5. The van der Waals surface area contributed by atoms with E-state index in [2.05, 4.69) is 15.9 Å². The minimum atomic E-state index is -3.55. The van der Waals surface area contributed by atoms with Gasteiger partial charge in [-0.1, -0.05) is 10.5 Å². The molecule has 17 heavy (non-hydrogen) atoms. The number of hydrogen-bond donors (Lipinski definition) is 0. The van der Waals surface area contributed by atoms with Crippen molar-refractivity contribution in [3.05, 3.63) is 28.2 Å². The Morgan fingerprint density at radius 2 is 2.12 bits per heavy atom. The van der Waals surface area contributed by atoms with Gasteiger partial charge in [-0.05, 0) is 53.4 Å². The number of hydrogen-bond acceptors (Lipinski definition) is 3. The lowest BCUT2D eigenvalue weighted by molar-refractivity contribution is -0.108. The topological polar surface area (TPSA) is 46.6 Å². The first kappa shape index (κ1) is 13.0. The van der Waals surface area contributed by atoms with Crippen LogP contribution >= 0.6 is 15.9 Å². The van der Waals surface area contributed by atoms with Gasteiger partial charge in [-0.25, -0.2) is 8.42 Å².